The summed E-state index contributed by atoms with van der Waals surface area (Å²) in [4.78, 5) is 24.3. The number of aromatic nitrogens is 3. The first kappa shape index (κ1) is 22.3. The lowest BCUT2D eigenvalue weighted by Crippen LogP contribution is -2.42. The summed E-state index contributed by atoms with van der Waals surface area (Å²) in [6.45, 7) is 1.48. The maximum Gasteiger partial charge on any atom is 0.231 e. The molecule has 1 unspecified atom stereocenters. The summed E-state index contributed by atoms with van der Waals surface area (Å²) in [6.07, 6.45) is 0.421. The highest BCUT2D eigenvalue weighted by Gasteiger charge is 2.19. The fourth-order valence-corrected chi connectivity index (χ4v) is 3.38. The van der Waals surface area contributed by atoms with E-state index in [0.717, 1.165) is 17.3 Å². The van der Waals surface area contributed by atoms with E-state index in [-0.39, 0.29) is 29.9 Å². The number of ketones is 1. The molecule has 162 valence electrons. The zero-order chi connectivity index (χ0) is 22.2. The van der Waals surface area contributed by atoms with Gasteiger partial charge in [0.25, 0.3) is 0 Å². The van der Waals surface area contributed by atoms with E-state index in [1.165, 1.54) is 35.9 Å². The molecule has 0 bridgehead atoms. The summed E-state index contributed by atoms with van der Waals surface area (Å²) < 4.78 is 19.7. The van der Waals surface area contributed by atoms with Crippen LogP contribution in [-0.2, 0) is 22.6 Å². The van der Waals surface area contributed by atoms with Crippen LogP contribution in [0.2, 0.25) is 0 Å². The molecule has 0 aliphatic heterocycles. The molecule has 0 spiro atoms. The molecular weight excluding hydrogens is 421 g/mol. The van der Waals surface area contributed by atoms with Crippen molar-refractivity contribution in [1.29, 1.82) is 0 Å². The second-order valence-electron chi connectivity index (χ2n) is 6.72. The van der Waals surface area contributed by atoms with E-state index in [9.17, 15) is 14.0 Å². The second-order valence-corrected chi connectivity index (χ2v) is 7.66. The number of nitrogens with zero attached hydrogens (tertiary/aromatic N) is 3. The average Bonchev–Trinajstić information content (AvgIpc) is 3.11. The van der Waals surface area contributed by atoms with E-state index >= 15 is 0 Å². The van der Waals surface area contributed by atoms with Crippen molar-refractivity contribution in [2.75, 3.05) is 11.6 Å². The monoisotopic (exact) mass is 443 g/mol. The fraction of sp³-hybridized carbons (Fsp3) is 0.238. The van der Waals surface area contributed by atoms with Crippen molar-refractivity contribution in [2.45, 2.75) is 31.1 Å². The SMILES string of the molecule is CC(=O)C(Cc1ccccc1)NC(=O)CSc1nnc(COc2ccc(F)cc2)n1N. The Balaban J connectivity index is 1.51. The third kappa shape index (κ3) is 6.54. The maximum atomic E-state index is 12.9. The molecule has 31 heavy (non-hydrogen) atoms. The minimum atomic E-state index is -0.606. The van der Waals surface area contributed by atoms with Crippen LogP contribution in [-0.4, -0.2) is 38.4 Å². The molecule has 1 amide bonds. The number of amides is 1. The van der Waals surface area contributed by atoms with Crippen LogP contribution in [0.15, 0.2) is 59.8 Å². The van der Waals surface area contributed by atoms with Crippen LogP contribution in [0.1, 0.15) is 18.3 Å². The smallest absolute Gasteiger partial charge is 0.231 e. The van der Waals surface area contributed by atoms with Gasteiger partial charge in [0.15, 0.2) is 11.6 Å². The van der Waals surface area contributed by atoms with Crippen molar-refractivity contribution in [3.05, 3.63) is 71.8 Å². The molecule has 2 aromatic carbocycles. The molecule has 1 heterocycles. The van der Waals surface area contributed by atoms with Gasteiger partial charge in [-0.25, -0.2) is 9.07 Å². The van der Waals surface area contributed by atoms with Crippen molar-refractivity contribution < 1.29 is 18.7 Å². The molecular formula is C21H22FN5O3S. The van der Waals surface area contributed by atoms with Crippen molar-refractivity contribution >= 4 is 23.5 Å². The largest absolute Gasteiger partial charge is 0.486 e. The molecule has 1 atom stereocenters. The van der Waals surface area contributed by atoms with Gasteiger partial charge in [-0.15, -0.1) is 10.2 Å². The van der Waals surface area contributed by atoms with Crippen LogP contribution in [0.5, 0.6) is 5.75 Å². The number of hydrogen-bond acceptors (Lipinski definition) is 7. The number of nitrogens with two attached hydrogens (primary N) is 1. The van der Waals surface area contributed by atoms with Crippen molar-refractivity contribution in [2.24, 2.45) is 0 Å². The highest BCUT2D eigenvalue weighted by molar-refractivity contribution is 7.99. The second kappa shape index (κ2) is 10.6. The number of ether oxygens (including phenoxy) is 1. The van der Waals surface area contributed by atoms with Gasteiger partial charge in [0.2, 0.25) is 11.1 Å². The molecule has 3 aromatic rings. The van der Waals surface area contributed by atoms with Gasteiger partial charge in [-0.05, 0) is 43.2 Å². The summed E-state index contributed by atoms with van der Waals surface area (Å²) in [5.74, 6) is 6.01. The number of halogens is 1. The minimum absolute atomic E-state index is 0.0206. The zero-order valence-corrected chi connectivity index (χ0v) is 17.6. The number of benzene rings is 2. The summed E-state index contributed by atoms with van der Waals surface area (Å²) >= 11 is 1.10. The fourth-order valence-electron chi connectivity index (χ4n) is 2.70. The Morgan fingerprint density at radius 3 is 2.55 bits per heavy atom. The Hall–Kier alpha value is -3.40. The van der Waals surface area contributed by atoms with Gasteiger partial charge in [0.05, 0.1) is 11.8 Å². The zero-order valence-electron chi connectivity index (χ0n) is 16.8. The Morgan fingerprint density at radius 2 is 1.87 bits per heavy atom. The van der Waals surface area contributed by atoms with E-state index in [2.05, 4.69) is 15.5 Å². The van der Waals surface area contributed by atoms with Crippen LogP contribution in [0.4, 0.5) is 4.39 Å². The quantitative estimate of drug-likeness (QED) is 0.365. The minimum Gasteiger partial charge on any atom is -0.486 e. The third-order valence-corrected chi connectivity index (χ3v) is 5.30. The van der Waals surface area contributed by atoms with Gasteiger partial charge in [-0.2, -0.15) is 0 Å². The number of hydrogen-bond donors (Lipinski definition) is 2. The van der Waals surface area contributed by atoms with E-state index in [4.69, 9.17) is 10.6 Å². The van der Waals surface area contributed by atoms with Gasteiger partial charge in [-0.3, -0.25) is 9.59 Å². The topological polar surface area (TPSA) is 112 Å². The molecule has 10 heteroatoms. The number of thioether (sulfide) groups is 1. The van der Waals surface area contributed by atoms with E-state index < -0.39 is 6.04 Å². The first-order valence-electron chi connectivity index (χ1n) is 9.46. The van der Waals surface area contributed by atoms with Gasteiger partial charge >= 0.3 is 0 Å². The maximum absolute atomic E-state index is 12.9. The van der Waals surface area contributed by atoms with E-state index in [0.29, 0.717) is 23.2 Å². The third-order valence-electron chi connectivity index (χ3n) is 4.36. The van der Waals surface area contributed by atoms with Gasteiger partial charge in [-0.1, -0.05) is 42.1 Å². The highest BCUT2D eigenvalue weighted by atomic mass is 32.2. The molecule has 0 radical (unpaired) electrons. The van der Waals surface area contributed by atoms with Crippen LogP contribution in [0.3, 0.4) is 0 Å². The van der Waals surface area contributed by atoms with Crippen LogP contribution >= 0.6 is 11.8 Å². The molecule has 0 fully saturated rings. The molecule has 1 aromatic heterocycles. The Bertz CT molecular complexity index is 1030. The first-order valence-corrected chi connectivity index (χ1v) is 10.4. The van der Waals surface area contributed by atoms with Crippen molar-refractivity contribution in [1.82, 2.24) is 20.2 Å². The van der Waals surface area contributed by atoms with Gasteiger partial charge in [0.1, 0.15) is 18.2 Å². The average molecular weight is 444 g/mol. The highest BCUT2D eigenvalue weighted by Crippen LogP contribution is 2.17. The summed E-state index contributed by atoms with van der Waals surface area (Å²) in [7, 11) is 0. The summed E-state index contributed by atoms with van der Waals surface area (Å²) in [6, 6.07) is 14.4. The predicted molar refractivity (Wildman–Crippen MR) is 114 cm³/mol. The number of rotatable bonds is 10. The number of nitrogens with one attached hydrogen (secondary N) is 1. The molecule has 8 nitrogen and oxygen atoms in total. The number of nitrogen functional groups attached to an aromatic ring is 1. The number of carbonyl (C=O) groups excluding carboxylic acids is 2. The Kier molecular flexibility index (Phi) is 7.60. The van der Waals surface area contributed by atoms with Crippen molar-refractivity contribution in [3.8, 4) is 5.75 Å². The molecule has 0 aliphatic rings. The molecule has 3 N–H and O–H groups in total. The molecule has 0 saturated carbocycles. The normalized spacial score (nSPS) is 11.7. The van der Waals surface area contributed by atoms with Gasteiger partial charge < -0.3 is 15.9 Å². The van der Waals surface area contributed by atoms with E-state index in [1.807, 2.05) is 30.3 Å². The number of carbonyl (C=O) groups is 2. The summed E-state index contributed by atoms with van der Waals surface area (Å²) in [5, 5.41) is 11.0. The first-order chi connectivity index (χ1) is 14.9. The molecule has 0 saturated heterocycles. The summed E-state index contributed by atoms with van der Waals surface area (Å²) in [5.41, 5.74) is 0.961. The van der Waals surface area contributed by atoms with Crippen LogP contribution in [0, 0.1) is 5.82 Å². The van der Waals surface area contributed by atoms with Crippen molar-refractivity contribution in [3.63, 3.8) is 0 Å². The van der Waals surface area contributed by atoms with Crippen LogP contribution in [0.25, 0.3) is 0 Å². The molecule has 0 aliphatic carbocycles. The van der Waals surface area contributed by atoms with E-state index in [1.54, 1.807) is 0 Å². The Labute approximate surface area is 183 Å². The lowest BCUT2D eigenvalue weighted by Gasteiger charge is -2.16. The molecule has 3 rings (SSSR count). The van der Waals surface area contributed by atoms with Gasteiger partial charge in [0, 0.05) is 0 Å². The lowest BCUT2D eigenvalue weighted by atomic mass is 10.0. The lowest BCUT2D eigenvalue weighted by molar-refractivity contribution is -0.125. The van der Waals surface area contributed by atoms with Crippen LogP contribution < -0.4 is 15.9 Å². The Morgan fingerprint density at radius 1 is 1.16 bits per heavy atom. The predicted octanol–water partition coefficient (Wildman–Crippen LogP) is 2.12. The number of Topliss-reactive ketones (excluding diaryl/α,β-unsaturated/α-hetero) is 1. The standard InChI is InChI=1S/C21H22FN5O3S/c1-14(28)18(11-15-5-3-2-4-6-15)24-20(29)13-31-21-26-25-19(27(21)23)12-30-17-9-7-16(22)8-10-17/h2-10,18H,11-13,23H2,1H3,(H,24,29).